The number of benzene rings is 2. The van der Waals surface area contributed by atoms with Crippen LogP contribution in [0.2, 0.25) is 5.02 Å². The highest BCUT2D eigenvalue weighted by Gasteiger charge is 2.33. The summed E-state index contributed by atoms with van der Waals surface area (Å²) in [5.74, 6) is -0.185. The summed E-state index contributed by atoms with van der Waals surface area (Å²) in [6.07, 6.45) is 0. The van der Waals surface area contributed by atoms with Crippen molar-refractivity contribution in [2.45, 2.75) is 19.5 Å². The Bertz CT molecular complexity index is 894. The van der Waals surface area contributed by atoms with Crippen LogP contribution in [-0.4, -0.2) is 60.4 Å². The van der Waals surface area contributed by atoms with E-state index in [1.807, 2.05) is 43.3 Å². The third-order valence-electron chi connectivity index (χ3n) is 5.67. The number of hydrogen-bond donors (Lipinski definition) is 1. The van der Waals surface area contributed by atoms with E-state index >= 15 is 0 Å². The Kier molecular flexibility index (Phi) is 5.85. The molecule has 0 aromatic heterocycles. The summed E-state index contributed by atoms with van der Waals surface area (Å²) in [7, 11) is 0. The number of nitrogens with zero attached hydrogens (tertiary/aromatic N) is 3. The molecule has 2 heterocycles. The van der Waals surface area contributed by atoms with Gasteiger partial charge in [-0.2, -0.15) is 0 Å². The number of anilines is 2. The van der Waals surface area contributed by atoms with Crippen molar-refractivity contribution in [2.24, 2.45) is 0 Å². The molecule has 1 N–H and O–H groups in total. The van der Waals surface area contributed by atoms with Crippen molar-refractivity contribution < 1.29 is 9.59 Å². The molecule has 2 aromatic carbocycles. The second-order valence-corrected chi connectivity index (χ2v) is 8.04. The topological polar surface area (TPSA) is 55.9 Å². The first kappa shape index (κ1) is 19.9. The first-order valence-corrected chi connectivity index (χ1v) is 10.3. The zero-order chi connectivity index (χ0) is 20.4. The minimum atomic E-state index is -0.272. The van der Waals surface area contributed by atoms with Crippen LogP contribution in [0.1, 0.15) is 12.5 Å². The molecule has 152 valence electrons. The van der Waals surface area contributed by atoms with Crippen molar-refractivity contribution in [1.82, 2.24) is 9.80 Å². The van der Waals surface area contributed by atoms with Crippen LogP contribution in [0.4, 0.5) is 11.4 Å². The first-order chi connectivity index (χ1) is 14.0. The maximum absolute atomic E-state index is 13.2. The van der Waals surface area contributed by atoms with Crippen molar-refractivity contribution in [3.05, 3.63) is 59.1 Å². The quantitative estimate of drug-likeness (QED) is 0.839. The zero-order valence-corrected chi connectivity index (χ0v) is 17.2. The standard InChI is InChI=1S/C22H25ClN4O2/c1-16(22(29)27-15-21(28)24-19-4-2-3-5-20(19)27)26-12-10-25(11-13-26)14-17-6-8-18(23)9-7-17/h2-9,16H,10-15H2,1H3,(H,24,28). The van der Waals surface area contributed by atoms with Crippen molar-refractivity contribution >= 4 is 34.8 Å². The van der Waals surface area contributed by atoms with E-state index in [1.165, 1.54) is 5.56 Å². The molecule has 1 atom stereocenters. The highest BCUT2D eigenvalue weighted by Crippen LogP contribution is 2.29. The fraction of sp³-hybridized carbons (Fsp3) is 0.364. The minimum absolute atomic E-state index is 0.0292. The highest BCUT2D eigenvalue weighted by molar-refractivity contribution is 6.30. The van der Waals surface area contributed by atoms with Gasteiger partial charge in [-0.25, -0.2) is 0 Å². The lowest BCUT2D eigenvalue weighted by molar-refractivity contribution is -0.126. The summed E-state index contributed by atoms with van der Waals surface area (Å²) >= 11 is 5.96. The molecule has 4 rings (SSSR count). The maximum atomic E-state index is 13.2. The van der Waals surface area contributed by atoms with Crippen LogP contribution in [0, 0.1) is 0 Å². The number of fused-ring (bicyclic) bond motifs is 1. The van der Waals surface area contributed by atoms with Crippen LogP contribution >= 0.6 is 11.6 Å². The van der Waals surface area contributed by atoms with Gasteiger partial charge in [0.05, 0.1) is 17.4 Å². The van der Waals surface area contributed by atoms with Crippen LogP contribution in [0.3, 0.4) is 0 Å². The Balaban J connectivity index is 1.37. The predicted octanol–water partition coefficient (Wildman–Crippen LogP) is 2.83. The largest absolute Gasteiger partial charge is 0.323 e. The summed E-state index contributed by atoms with van der Waals surface area (Å²) in [5.41, 5.74) is 2.70. The molecule has 2 aliphatic heterocycles. The van der Waals surface area contributed by atoms with Gasteiger partial charge in [0, 0.05) is 37.7 Å². The molecule has 29 heavy (non-hydrogen) atoms. The molecule has 0 radical (unpaired) electrons. The summed E-state index contributed by atoms with van der Waals surface area (Å²) in [5, 5.41) is 3.58. The first-order valence-electron chi connectivity index (χ1n) is 9.92. The van der Waals surface area contributed by atoms with Gasteiger partial charge in [0.1, 0.15) is 6.54 Å². The number of carbonyl (C=O) groups is 2. The van der Waals surface area contributed by atoms with Gasteiger partial charge in [-0.3, -0.25) is 24.3 Å². The highest BCUT2D eigenvalue weighted by atomic mass is 35.5. The summed E-state index contributed by atoms with van der Waals surface area (Å²) in [6.45, 7) is 6.33. The third-order valence-corrected chi connectivity index (χ3v) is 5.92. The zero-order valence-electron chi connectivity index (χ0n) is 16.5. The normalized spacial score (nSPS) is 18.8. The van der Waals surface area contributed by atoms with E-state index in [2.05, 4.69) is 27.2 Å². The molecule has 1 unspecified atom stereocenters. The fourth-order valence-electron chi connectivity index (χ4n) is 3.97. The van der Waals surface area contributed by atoms with E-state index in [1.54, 1.807) is 4.90 Å². The number of hydrogen-bond acceptors (Lipinski definition) is 4. The number of rotatable bonds is 4. The number of piperazine rings is 1. The van der Waals surface area contributed by atoms with E-state index in [4.69, 9.17) is 11.6 Å². The molecule has 0 saturated carbocycles. The average Bonchev–Trinajstić information content (AvgIpc) is 2.74. The van der Waals surface area contributed by atoms with Gasteiger partial charge in [-0.1, -0.05) is 35.9 Å². The average molecular weight is 413 g/mol. The summed E-state index contributed by atoms with van der Waals surface area (Å²) in [6, 6.07) is 15.1. The smallest absolute Gasteiger partial charge is 0.244 e. The molecular weight excluding hydrogens is 388 g/mol. The lowest BCUT2D eigenvalue weighted by atomic mass is 10.1. The molecule has 0 aliphatic carbocycles. The van der Waals surface area contributed by atoms with E-state index in [0.29, 0.717) is 5.69 Å². The Morgan fingerprint density at radius 2 is 1.76 bits per heavy atom. The van der Waals surface area contributed by atoms with E-state index in [9.17, 15) is 9.59 Å². The van der Waals surface area contributed by atoms with E-state index in [0.717, 1.165) is 43.4 Å². The van der Waals surface area contributed by atoms with Crippen molar-refractivity contribution in [3.8, 4) is 0 Å². The van der Waals surface area contributed by atoms with Gasteiger partial charge >= 0.3 is 0 Å². The molecule has 7 heteroatoms. The number of amides is 2. The molecule has 2 amide bonds. The molecule has 0 spiro atoms. The second kappa shape index (κ2) is 8.53. The SMILES string of the molecule is CC(C(=O)N1CC(=O)Nc2ccccc21)N1CCN(Cc2ccc(Cl)cc2)CC1. The Hall–Kier alpha value is -2.41. The number of carbonyl (C=O) groups excluding carboxylic acids is 2. The molecule has 0 bridgehead atoms. The third kappa shape index (κ3) is 4.45. The van der Waals surface area contributed by atoms with Crippen LogP contribution in [0.25, 0.3) is 0 Å². The minimum Gasteiger partial charge on any atom is -0.323 e. The Morgan fingerprint density at radius 1 is 1.07 bits per heavy atom. The van der Waals surface area contributed by atoms with Crippen molar-refractivity contribution in [3.63, 3.8) is 0 Å². The number of nitrogens with one attached hydrogen (secondary N) is 1. The molecule has 2 aromatic rings. The maximum Gasteiger partial charge on any atom is 0.244 e. The van der Waals surface area contributed by atoms with Crippen molar-refractivity contribution in [2.75, 3.05) is 42.9 Å². The number of halogens is 1. The summed E-state index contributed by atoms with van der Waals surface area (Å²) in [4.78, 5) is 31.4. The molecule has 1 saturated heterocycles. The molecule has 1 fully saturated rings. The van der Waals surface area contributed by atoms with Gasteiger partial charge in [0.25, 0.3) is 0 Å². The van der Waals surface area contributed by atoms with Crippen LogP contribution in [0.15, 0.2) is 48.5 Å². The summed E-state index contributed by atoms with van der Waals surface area (Å²) < 4.78 is 0. The Morgan fingerprint density at radius 3 is 2.48 bits per heavy atom. The molecular formula is C22H25ClN4O2. The van der Waals surface area contributed by atoms with Crippen LogP contribution < -0.4 is 10.2 Å². The van der Waals surface area contributed by atoms with Gasteiger partial charge in [-0.15, -0.1) is 0 Å². The van der Waals surface area contributed by atoms with Crippen molar-refractivity contribution in [1.29, 1.82) is 0 Å². The number of para-hydroxylation sites is 2. The van der Waals surface area contributed by atoms with Gasteiger partial charge in [-0.05, 0) is 36.8 Å². The predicted molar refractivity (Wildman–Crippen MR) is 115 cm³/mol. The monoisotopic (exact) mass is 412 g/mol. The Labute approximate surface area is 176 Å². The molecule has 6 nitrogen and oxygen atoms in total. The van der Waals surface area contributed by atoms with E-state index in [-0.39, 0.29) is 24.4 Å². The van der Waals surface area contributed by atoms with Gasteiger partial charge in [0.15, 0.2) is 0 Å². The van der Waals surface area contributed by atoms with E-state index < -0.39 is 0 Å². The lowest BCUT2D eigenvalue weighted by Crippen LogP contribution is -2.56. The van der Waals surface area contributed by atoms with Crippen LogP contribution in [-0.2, 0) is 16.1 Å². The lowest BCUT2D eigenvalue weighted by Gasteiger charge is -2.39. The second-order valence-electron chi connectivity index (χ2n) is 7.60. The molecule has 2 aliphatic rings. The fourth-order valence-corrected chi connectivity index (χ4v) is 4.09. The van der Waals surface area contributed by atoms with Gasteiger partial charge < -0.3 is 5.32 Å². The van der Waals surface area contributed by atoms with Gasteiger partial charge in [0.2, 0.25) is 11.8 Å². The van der Waals surface area contributed by atoms with Crippen LogP contribution in [0.5, 0.6) is 0 Å².